The Labute approximate surface area is 135 Å². The molecule has 7 nitrogen and oxygen atoms in total. The number of carbonyl (C=O) groups is 3. The summed E-state index contributed by atoms with van der Waals surface area (Å²) in [6, 6.07) is 8.42. The van der Waals surface area contributed by atoms with Crippen LogP contribution in [0.1, 0.15) is 12.8 Å². The van der Waals surface area contributed by atoms with Gasteiger partial charge >= 0.3 is 6.03 Å². The van der Waals surface area contributed by atoms with Crippen molar-refractivity contribution in [2.45, 2.75) is 18.9 Å². The van der Waals surface area contributed by atoms with Crippen molar-refractivity contribution < 1.29 is 14.4 Å². The number of nitrogens with zero attached hydrogens (tertiary/aromatic N) is 2. The molecule has 23 heavy (non-hydrogen) atoms. The molecule has 0 saturated carbocycles. The highest BCUT2D eigenvalue weighted by atomic mass is 16.2. The van der Waals surface area contributed by atoms with Gasteiger partial charge in [0.15, 0.2) is 0 Å². The maximum atomic E-state index is 12.3. The normalized spacial score (nSPS) is 17.0. The molecule has 1 aliphatic heterocycles. The quantitative estimate of drug-likeness (QED) is 0.833. The summed E-state index contributed by atoms with van der Waals surface area (Å²) < 4.78 is 0. The summed E-state index contributed by atoms with van der Waals surface area (Å²) in [7, 11) is 3.33. The SMILES string of the molecule is CN(C)C(=O)CCNC(=O)N[C@H]1CCN(c2ccccc2)C1=O. The molecule has 2 rings (SSSR count). The van der Waals surface area contributed by atoms with E-state index >= 15 is 0 Å². The zero-order valence-corrected chi connectivity index (χ0v) is 13.4. The first-order chi connectivity index (χ1) is 11.0. The lowest BCUT2D eigenvalue weighted by atomic mass is 10.2. The maximum Gasteiger partial charge on any atom is 0.315 e. The molecule has 1 heterocycles. The van der Waals surface area contributed by atoms with Crippen LogP contribution in [0.25, 0.3) is 0 Å². The predicted molar refractivity (Wildman–Crippen MR) is 87.0 cm³/mol. The van der Waals surface area contributed by atoms with Gasteiger partial charge in [-0.1, -0.05) is 18.2 Å². The number of anilines is 1. The first kappa shape index (κ1) is 16.8. The Morgan fingerprint density at radius 2 is 1.96 bits per heavy atom. The van der Waals surface area contributed by atoms with Gasteiger partial charge in [0.05, 0.1) is 0 Å². The number of urea groups is 1. The summed E-state index contributed by atoms with van der Waals surface area (Å²) in [4.78, 5) is 38.7. The number of hydrogen-bond acceptors (Lipinski definition) is 3. The van der Waals surface area contributed by atoms with E-state index in [-0.39, 0.29) is 24.8 Å². The molecule has 0 aliphatic carbocycles. The van der Waals surface area contributed by atoms with Gasteiger partial charge in [0.2, 0.25) is 11.8 Å². The highest BCUT2D eigenvalue weighted by molar-refractivity contribution is 6.01. The van der Waals surface area contributed by atoms with Crippen LogP contribution in [0.3, 0.4) is 0 Å². The van der Waals surface area contributed by atoms with E-state index in [2.05, 4.69) is 10.6 Å². The molecule has 1 aromatic carbocycles. The molecule has 7 heteroatoms. The molecule has 2 N–H and O–H groups in total. The van der Waals surface area contributed by atoms with Crippen LogP contribution in [-0.2, 0) is 9.59 Å². The molecular formula is C16H22N4O3. The van der Waals surface area contributed by atoms with Gasteiger partial charge in [-0.2, -0.15) is 0 Å². The average molecular weight is 318 g/mol. The van der Waals surface area contributed by atoms with Crippen LogP contribution in [0.4, 0.5) is 10.5 Å². The predicted octanol–water partition coefficient (Wildman–Crippen LogP) is 0.569. The molecule has 0 radical (unpaired) electrons. The minimum Gasteiger partial charge on any atom is -0.349 e. The van der Waals surface area contributed by atoms with E-state index in [0.717, 1.165) is 5.69 Å². The fourth-order valence-electron chi connectivity index (χ4n) is 2.39. The second kappa shape index (κ2) is 7.62. The molecule has 0 unspecified atom stereocenters. The Morgan fingerprint density at radius 3 is 2.61 bits per heavy atom. The lowest BCUT2D eigenvalue weighted by Gasteiger charge is -2.17. The Balaban J connectivity index is 1.79. The van der Waals surface area contributed by atoms with E-state index in [1.54, 1.807) is 19.0 Å². The molecule has 1 aliphatic rings. The zero-order valence-electron chi connectivity index (χ0n) is 13.4. The van der Waals surface area contributed by atoms with Crippen molar-refractivity contribution >= 4 is 23.5 Å². The smallest absolute Gasteiger partial charge is 0.315 e. The maximum absolute atomic E-state index is 12.3. The highest BCUT2D eigenvalue weighted by Crippen LogP contribution is 2.20. The Morgan fingerprint density at radius 1 is 1.26 bits per heavy atom. The molecule has 1 fully saturated rings. The van der Waals surface area contributed by atoms with Gasteiger partial charge in [-0.15, -0.1) is 0 Å². The number of nitrogens with one attached hydrogen (secondary N) is 2. The van der Waals surface area contributed by atoms with E-state index in [1.807, 2.05) is 30.3 Å². The van der Waals surface area contributed by atoms with E-state index < -0.39 is 12.1 Å². The monoisotopic (exact) mass is 318 g/mol. The third-order valence-corrected chi connectivity index (χ3v) is 3.70. The van der Waals surface area contributed by atoms with Crippen LogP contribution < -0.4 is 15.5 Å². The number of hydrogen-bond donors (Lipinski definition) is 2. The van der Waals surface area contributed by atoms with E-state index in [1.165, 1.54) is 4.90 Å². The number of para-hydroxylation sites is 1. The minimum absolute atomic E-state index is 0.0579. The number of amides is 4. The lowest BCUT2D eigenvalue weighted by Crippen LogP contribution is -2.46. The van der Waals surface area contributed by atoms with Crippen molar-refractivity contribution in [2.75, 3.05) is 32.1 Å². The van der Waals surface area contributed by atoms with Gasteiger partial charge in [-0.3, -0.25) is 9.59 Å². The molecule has 0 spiro atoms. The highest BCUT2D eigenvalue weighted by Gasteiger charge is 2.33. The number of rotatable bonds is 5. The molecule has 1 saturated heterocycles. The van der Waals surface area contributed by atoms with Crippen molar-refractivity contribution in [3.05, 3.63) is 30.3 Å². The van der Waals surface area contributed by atoms with Crippen molar-refractivity contribution in [3.8, 4) is 0 Å². The van der Waals surface area contributed by atoms with Crippen LogP contribution in [0, 0.1) is 0 Å². The lowest BCUT2D eigenvalue weighted by molar-refractivity contribution is -0.128. The van der Waals surface area contributed by atoms with Gasteiger partial charge in [0.25, 0.3) is 0 Å². The molecule has 124 valence electrons. The first-order valence-electron chi connectivity index (χ1n) is 7.60. The minimum atomic E-state index is -0.528. The molecule has 0 bridgehead atoms. The van der Waals surface area contributed by atoms with Gasteiger partial charge in [0.1, 0.15) is 6.04 Å². The van der Waals surface area contributed by atoms with Crippen molar-refractivity contribution in [3.63, 3.8) is 0 Å². The van der Waals surface area contributed by atoms with Crippen molar-refractivity contribution in [2.24, 2.45) is 0 Å². The fraction of sp³-hybridized carbons (Fsp3) is 0.438. The molecule has 4 amide bonds. The summed E-state index contributed by atoms with van der Waals surface area (Å²) in [6.07, 6.45) is 0.799. The van der Waals surface area contributed by atoms with E-state index in [4.69, 9.17) is 0 Å². The summed E-state index contributed by atoms with van der Waals surface area (Å²) in [5.74, 6) is -0.173. The van der Waals surface area contributed by atoms with Gasteiger partial charge in [0, 0.05) is 39.3 Å². The third kappa shape index (κ3) is 4.45. The Bertz CT molecular complexity index is 574. The molecule has 1 aromatic rings. The van der Waals surface area contributed by atoms with Gasteiger partial charge in [-0.25, -0.2) is 4.79 Å². The van der Waals surface area contributed by atoms with Crippen LogP contribution in [-0.4, -0.2) is 56.0 Å². The Kier molecular flexibility index (Phi) is 5.56. The van der Waals surface area contributed by atoms with Crippen LogP contribution in [0.15, 0.2) is 30.3 Å². The second-order valence-electron chi connectivity index (χ2n) is 5.61. The van der Waals surface area contributed by atoms with E-state index in [9.17, 15) is 14.4 Å². The summed E-state index contributed by atoms with van der Waals surface area (Å²) in [5, 5.41) is 5.27. The standard InChI is InChI=1S/C16H22N4O3/c1-19(2)14(21)8-10-17-16(23)18-13-9-11-20(15(13)22)12-6-4-3-5-7-12/h3-7,13H,8-11H2,1-2H3,(H2,17,18,23)/t13-/m0/s1. The summed E-state index contributed by atoms with van der Waals surface area (Å²) in [6.45, 7) is 0.819. The molecule has 1 atom stereocenters. The fourth-order valence-corrected chi connectivity index (χ4v) is 2.39. The molecular weight excluding hydrogens is 296 g/mol. The Hall–Kier alpha value is -2.57. The first-order valence-corrected chi connectivity index (χ1v) is 7.60. The van der Waals surface area contributed by atoms with Gasteiger partial charge < -0.3 is 20.4 Å². The van der Waals surface area contributed by atoms with Crippen molar-refractivity contribution in [1.82, 2.24) is 15.5 Å². The van der Waals surface area contributed by atoms with Crippen LogP contribution in [0.2, 0.25) is 0 Å². The number of benzene rings is 1. The summed E-state index contributed by atoms with van der Waals surface area (Å²) >= 11 is 0. The largest absolute Gasteiger partial charge is 0.349 e. The second-order valence-corrected chi connectivity index (χ2v) is 5.61. The topological polar surface area (TPSA) is 81.8 Å². The molecule has 0 aromatic heterocycles. The van der Waals surface area contributed by atoms with E-state index in [0.29, 0.717) is 13.0 Å². The van der Waals surface area contributed by atoms with Gasteiger partial charge in [-0.05, 0) is 18.6 Å². The average Bonchev–Trinajstić information content (AvgIpc) is 2.89. The third-order valence-electron chi connectivity index (χ3n) is 3.70. The number of carbonyl (C=O) groups excluding carboxylic acids is 3. The van der Waals surface area contributed by atoms with Crippen LogP contribution >= 0.6 is 0 Å². The summed E-state index contributed by atoms with van der Waals surface area (Å²) in [5.41, 5.74) is 0.832. The van der Waals surface area contributed by atoms with Crippen LogP contribution in [0.5, 0.6) is 0 Å². The van der Waals surface area contributed by atoms with Crippen molar-refractivity contribution in [1.29, 1.82) is 0 Å². The zero-order chi connectivity index (χ0) is 16.8.